The molecule has 6 aromatic rings. The predicted octanol–water partition coefficient (Wildman–Crippen LogP) is 6.16. The minimum absolute atomic E-state index is 0.206. The van der Waals surface area contributed by atoms with E-state index in [0.29, 0.717) is 21.9 Å². The summed E-state index contributed by atoms with van der Waals surface area (Å²) >= 11 is 4.81. The van der Waals surface area contributed by atoms with Crippen molar-refractivity contribution in [2.24, 2.45) is 0 Å². The number of rotatable bonds is 8. The van der Waals surface area contributed by atoms with Gasteiger partial charge in [0.15, 0.2) is 5.82 Å². The smallest absolute Gasteiger partial charge is 0.291 e. The molecule has 0 aliphatic heterocycles. The number of fused-ring (bicyclic) bond motifs is 1. The third kappa shape index (κ3) is 5.28. The van der Waals surface area contributed by atoms with Crippen molar-refractivity contribution in [2.75, 3.05) is 6.61 Å². The molecular formula is C30H24BrN5O2S. The number of nitrogens with zero attached hydrogens (tertiary/aromatic N) is 5. The number of benzene rings is 3. The Labute approximate surface area is 237 Å². The van der Waals surface area contributed by atoms with Crippen LogP contribution in [-0.4, -0.2) is 31.0 Å². The van der Waals surface area contributed by atoms with Crippen molar-refractivity contribution in [1.82, 2.24) is 24.4 Å². The molecule has 0 unspecified atom stereocenters. The van der Waals surface area contributed by atoms with Gasteiger partial charge >= 0.3 is 0 Å². The molecule has 0 aliphatic carbocycles. The Morgan fingerprint density at radius 3 is 2.41 bits per heavy atom. The van der Waals surface area contributed by atoms with Crippen LogP contribution in [0.5, 0.6) is 5.75 Å². The molecule has 9 heteroatoms. The van der Waals surface area contributed by atoms with Crippen molar-refractivity contribution >= 4 is 38.3 Å². The SMILES string of the molecule is CCCCOc1ccc(-c2nc3s/c(=C\c4cn(-c5ccccc5)nc4-c4ccc(Br)cc4)c(=O)n3n2)cc1. The van der Waals surface area contributed by atoms with Crippen molar-refractivity contribution in [1.29, 1.82) is 0 Å². The number of hydrogen-bond acceptors (Lipinski definition) is 6. The zero-order chi connectivity index (χ0) is 26.8. The van der Waals surface area contributed by atoms with Gasteiger partial charge in [0.25, 0.3) is 5.56 Å². The second-order valence-corrected chi connectivity index (χ2v) is 10.9. The molecule has 3 heterocycles. The molecule has 3 aromatic carbocycles. The Kier molecular flexibility index (Phi) is 7.08. The molecule has 194 valence electrons. The summed E-state index contributed by atoms with van der Waals surface area (Å²) in [5, 5.41) is 9.37. The van der Waals surface area contributed by atoms with Crippen LogP contribution in [0.3, 0.4) is 0 Å². The lowest BCUT2D eigenvalue weighted by atomic mass is 10.1. The predicted molar refractivity (Wildman–Crippen MR) is 158 cm³/mol. The molecule has 0 fully saturated rings. The van der Waals surface area contributed by atoms with Crippen LogP contribution in [0.4, 0.5) is 0 Å². The van der Waals surface area contributed by atoms with Gasteiger partial charge in [-0.25, -0.2) is 4.68 Å². The number of para-hydroxylation sites is 1. The fourth-order valence-corrected chi connectivity index (χ4v) is 5.33. The van der Waals surface area contributed by atoms with Crippen LogP contribution in [-0.2, 0) is 0 Å². The molecule has 0 radical (unpaired) electrons. The highest BCUT2D eigenvalue weighted by Gasteiger charge is 2.15. The summed E-state index contributed by atoms with van der Waals surface area (Å²) in [6.07, 6.45) is 5.92. The van der Waals surface area contributed by atoms with Gasteiger partial charge in [0.05, 0.1) is 22.5 Å². The third-order valence-corrected chi connectivity index (χ3v) is 7.72. The van der Waals surface area contributed by atoms with E-state index in [1.807, 2.05) is 95.8 Å². The summed E-state index contributed by atoms with van der Waals surface area (Å²) in [7, 11) is 0. The van der Waals surface area contributed by atoms with Gasteiger partial charge in [-0.2, -0.15) is 14.6 Å². The van der Waals surface area contributed by atoms with E-state index in [4.69, 9.17) is 9.84 Å². The summed E-state index contributed by atoms with van der Waals surface area (Å²) in [6.45, 7) is 2.83. The molecule has 0 N–H and O–H groups in total. The van der Waals surface area contributed by atoms with Crippen LogP contribution >= 0.6 is 27.3 Å². The van der Waals surface area contributed by atoms with E-state index in [9.17, 15) is 4.79 Å². The van der Waals surface area contributed by atoms with Crippen LogP contribution in [0.15, 0.2) is 94.3 Å². The third-order valence-electron chi connectivity index (χ3n) is 6.23. The maximum Gasteiger partial charge on any atom is 0.291 e. The summed E-state index contributed by atoms with van der Waals surface area (Å²) in [4.78, 5) is 18.5. The minimum Gasteiger partial charge on any atom is -0.494 e. The molecule has 6 rings (SSSR count). The molecule has 7 nitrogen and oxygen atoms in total. The average molecular weight is 599 g/mol. The lowest BCUT2D eigenvalue weighted by Gasteiger charge is -2.05. The Morgan fingerprint density at radius 2 is 1.69 bits per heavy atom. The van der Waals surface area contributed by atoms with Gasteiger partial charge in [-0.1, -0.05) is 70.9 Å². The van der Waals surface area contributed by atoms with Gasteiger partial charge in [0, 0.05) is 27.4 Å². The number of ether oxygens (including phenoxy) is 1. The highest BCUT2D eigenvalue weighted by Crippen LogP contribution is 2.26. The topological polar surface area (TPSA) is 74.3 Å². The first-order chi connectivity index (χ1) is 19.1. The second kappa shape index (κ2) is 11.0. The zero-order valence-electron chi connectivity index (χ0n) is 21.1. The Bertz CT molecular complexity index is 1840. The number of hydrogen-bond donors (Lipinski definition) is 0. The maximum atomic E-state index is 13.3. The molecule has 3 aromatic heterocycles. The highest BCUT2D eigenvalue weighted by atomic mass is 79.9. The summed E-state index contributed by atoms with van der Waals surface area (Å²) in [5.41, 5.74) is 4.14. The standard InChI is InChI=1S/C30H24BrN5O2S/c1-2-3-17-38-25-15-11-21(12-16-25)28-32-30-36(34-28)29(37)26(39-30)18-22-19-35(24-7-5-4-6-8-24)33-27(22)20-9-13-23(31)14-10-20/h4-16,18-19H,2-3,17H2,1H3/b26-18-. The van der Waals surface area contributed by atoms with Crippen LogP contribution < -0.4 is 14.8 Å². The van der Waals surface area contributed by atoms with E-state index >= 15 is 0 Å². The fourth-order valence-electron chi connectivity index (χ4n) is 4.17. The molecule has 0 saturated carbocycles. The largest absolute Gasteiger partial charge is 0.494 e. The molecule has 0 amide bonds. The first-order valence-corrected chi connectivity index (χ1v) is 14.3. The van der Waals surface area contributed by atoms with Gasteiger partial charge in [-0.05, 0) is 61.0 Å². The minimum atomic E-state index is -0.206. The van der Waals surface area contributed by atoms with Crippen molar-refractivity contribution in [2.45, 2.75) is 19.8 Å². The molecule has 0 aliphatic rings. The lowest BCUT2D eigenvalue weighted by molar-refractivity contribution is 0.309. The normalized spacial score (nSPS) is 11.9. The number of unbranched alkanes of at least 4 members (excludes halogenated alkanes) is 1. The molecule has 0 saturated heterocycles. The van der Waals surface area contributed by atoms with Crippen molar-refractivity contribution in [3.8, 4) is 34.1 Å². The van der Waals surface area contributed by atoms with E-state index in [1.54, 1.807) is 0 Å². The summed E-state index contributed by atoms with van der Waals surface area (Å²) in [6, 6.07) is 25.5. The van der Waals surface area contributed by atoms with E-state index in [-0.39, 0.29) is 5.56 Å². The Hall–Kier alpha value is -4.08. The Morgan fingerprint density at radius 1 is 0.949 bits per heavy atom. The van der Waals surface area contributed by atoms with Crippen molar-refractivity contribution < 1.29 is 4.74 Å². The van der Waals surface area contributed by atoms with Crippen LogP contribution in [0, 0.1) is 0 Å². The molecular weight excluding hydrogens is 574 g/mol. The van der Waals surface area contributed by atoms with Gasteiger partial charge in [0.1, 0.15) is 5.75 Å². The average Bonchev–Trinajstić information content (AvgIpc) is 3.65. The second-order valence-electron chi connectivity index (χ2n) is 8.99. The zero-order valence-corrected chi connectivity index (χ0v) is 23.5. The van der Waals surface area contributed by atoms with Gasteiger partial charge in [-0.3, -0.25) is 4.79 Å². The highest BCUT2D eigenvalue weighted by molar-refractivity contribution is 9.10. The van der Waals surface area contributed by atoms with Crippen molar-refractivity contribution in [3.63, 3.8) is 0 Å². The first kappa shape index (κ1) is 25.2. The van der Waals surface area contributed by atoms with Gasteiger partial charge in [0.2, 0.25) is 4.96 Å². The monoisotopic (exact) mass is 597 g/mol. The number of aromatic nitrogens is 5. The van der Waals surface area contributed by atoms with Gasteiger partial charge in [-0.15, -0.1) is 5.10 Å². The number of thiazole rings is 1. The first-order valence-electron chi connectivity index (χ1n) is 12.6. The van der Waals surface area contributed by atoms with Crippen LogP contribution in [0.2, 0.25) is 0 Å². The summed E-state index contributed by atoms with van der Waals surface area (Å²) < 4.78 is 10.5. The van der Waals surface area contributed by atoms with Crippen LogP contribution in [0.25, 0.3) is 39.4 Å². The molecule has 0 atom stereocenters. The van der Waals surface area contributed by atoms with Crippen molar-refractivity contribution in [3.05, 3.63) is 110 Å². The lowest BCUT2D eigenvalue weighted by Crippen LogP contribution is -2.23. The van der Waals surface area contributed by atoms with E-state index < -0.39 is 0 Å². The van der Waals surface area contributed by atoms with E-state index in [2.05, 4.69) is 32.9 Å². The molecule has 0 spiro atoms. The number of halogens is 1. The van der Waals surface area contributed by atoms with Crippen LogP contribution in [0.1, 0.15) is 25.3 Å². The van der Waals surface area contributed by atoms with E-state index in [0.717, 1.165) is 51.1 Å². The molecule has 39 heavy (non-hydrogen) atoms. The fraction of sp³-hybridized carbons (Fsp3) is 0.133. The van der Waals surface area contributed by atoms with Gasteiger partial charge < -0.3 is 4.74 Å². The molecule has 0 bridgehead atoms. The quantitative estimate of drug-likeness (QED) is 0.196. The summed E-state index contributed by atoms with van der Waals surface area (Å²) in [5.74, 6) is 1.32. The Balaban J connectivity index is 1.37. The maximum absolute atomic E-state index is 13.3. The van der Waals surface area contributed by atoms with E-state index in [1.165, 1.54) is 15.9 Å².